The van der Waals surface area contributed by atoms with E-state index in [1.165, 1.54) is 12.1 Å². The first-order valence-corrected chi connectivity index (χ1v) is 6.26. The van der Waals surface area contributed by atoms with Crippen molar-refractivity contribution in [3.05, 3.63) is 36.0 Å². The molecule has 0 aliphatic heterocycles. The number of halogens is 1. The van der Waals surface area contributed by atoms with E-state index >= 15 is 0 Å². The molecule has 5 heteroatoms. The first-order chi connectivity index (χ1) is 8.99. The molecule has 1 aromatic heterocycles. The number of hydrogen-bond donors (Lipinski definition) is 1. The Hall–Kier alpha value is -1.75. The van der Waals surface area contributed by atoms with Crippen LogP contribution in [0.1, 0.15) is 32.6 Å². The summed E-state index contributed by atoms with van der Waals surface area (Å²) in [6, 6.07) is 5.88. The van der Waals surface area contributed by atoms with Crippen LogP contribution in [0, 0.1) is 11.7 Å². The van der Waals surface area contributed by atoms with Crippen LogP contribution in [0.5, 0.6) is 0 Å². The van der Waals surface area contributed by atoms with Crippen LogP contribution in [0.2, 0.25) is 0 Å². The minimum atomic E-state index is -0.568. The largest absolute Gasteiger partial charge is 0.393 e. The molecule has 0 aliphatic rings. The summed E-state index contributed by atoms with van der Waals surface area (Å²) in [5.74, 6) is 0.477. The highest BCUT2D eigenvalue weighted by Gasteiger charge is 2.27. The third-order valence-corrected chi connectivity index (χ3v) is 3.07. The molecular formula is C14H17FN2O2. The molecule has 0 radical (unpaired) electrons. The van der Waals surface area contributed by atoms with Crippen LogP contribution in [0.25, 0.3) is 11.4 Å². The van der Waals surface area contributed by atoms with Crippen molar-refractivity contribution in [2.75, 3.05) is 0 Å². The van der Waals surface area contributed by atoms with E-state index in [1.807, 2.05) is 13.8 Å². The zero-order valence-corrected chi connectivity index (χ0v) is 11.2. The molecule has 0 aliphatic carbocycles. The molecule has 2 rings (SSSR count). The highest BCUT2D eigenvalue weighted by Crippen LogP contribution is 2.28. The van der Waals surface area contributed by atoms with Gasteiger partial charge in [0.05, 0.1) is 12.0 Å². The highest BCUT2D eigenvalue weighted by atomic mass is 19.1. The molecule has 1 heterocycles. The minimum absolute atomic E-state index is 0.182. The van der Waals surface area contributed by atoms with Gasteiger partial charge in [0, 0.05) is 5.56 Å². The van der Waals surface area contributed by atoms with Gasteiger partial charge in [-0.3, -0.25) is 0 Å². The molecule has 0 saturated carbocycles. The molecular weight excluding hydrogens is 247 g/mol. The second-order valence-electron chi connectivity index (χ2n) is 4.97. The van der Waals surface area contributed by atoms with Gasteiger partial charge in [-0.15, -0.1) is 0 Å². The quantitative estimate of drug-likeness (QED) is 0.922. The van der Waals surface area contributed by atoms with Crippen LogP contribution in [-0.2, 0) is 0 Å². The average Bonchev–Trinajstić information content (AvgIpc) is 2.78. The number of nitrogens with zero attached hydrogens (tertiary/aromatic N) is 2. The number of hydrogen-bond acceptors (Lipinski definition) is 4. The van der Waals surface area contributed by atoms with Crippen molar-refractivity contribution in [1.29, 1.82) is 0 Å². The van der Waals surface area contributed by atoms with Gasteiger partial charge in [0.1, 0.15) is 5.82 Å². The van der Waals surface area contributed by atoms with Gasteiger partial charge in [-0.1, -0.05) is 19.0 Å². The van der Waals surface area contributed by atoms with E-state index in [0.29, 0.717) is 17.3 Å². The normalized spacial score (nSPS) is 14.6. The summed E-state index contributed by atoms with van der Waals surface area (Å²) < 4.78 is 18.1. The maximum atomic E-state index is 12.9. The second-order valence-corrected chi connectivity index (χ2v) is 4.97. The Morgan fingerprint density at radius 3 is 2.32 bits per heavy atom. The van der Waals surface area contributed by atoms with Gasteiger partial charge in [-0.05, 0) is 37.1 Å². The molecule has 2 unspecified atom stereocenters. The monoisotopic (exact) mass is 264 g/mol. The molecule has 4 nitrogen and oxygen atoms in total. The number of benzene rings is 1. The summed E-state index contributed by atoms with van der Waals surface area (Å²) in [5.41, 5.74) is 0.685. The fraction of sp³-hybridized carbons (Fsp3) is 0.429. The van der Waals surface area contributed by atoms with Crippen LogP contribution in [0.15, 0.2) is 28.8 Å². The Bertz CT molecular complexity index is 527. The zero-order valence-electron chi connectivity index (χ0n) is 11.2. The van der Waals surface area contributed by atoms with E-state index in [2.05, 4.69) is 10.1 Å². The predicted octanol–water partition coefficient (Wildman–Crippen LogP) is 3.00. The molecule has 0 bridgehead atoms. The summed E-state index contributed by atoms with van der Waals surface area (Å²) in [7, 11) is 0. The maximum Gasteiger partial charge on any atom is 0.232 e. The van der Waals surface area contributed by atoms with E-state index in [0.717, 1.165) is 0 Å². The van der Waals surface area contributed by atoms with Gasteiger partial charge in [-0.2, -0.15) is 4.98 Å². The third-order valence-electron chi connectivity index (χ3n) is 3.07. The van der Waals surface area contributed by atoms with Gasteiger partial charge in [-0.25, -0.2) is 4.39 Å². The van der Waals surface area contributed by atoms with Crippen molar-refractivity contribution in [3.8, 4) is 11.4 Å². The molecule has 2 atom stereocenters. The lowest BCUT2D eigenvalue weighted by Gasteiger charge is -2.19. The zero-order chi connectivity index (χ0) is 14.0. The molecule has 2 aromatic rings. The van der Waals surface area contributed by atoms with Gasteiger partial charge in [0.25, 0.3) is 0 Å². The van der Waals surface area contributed by atoms with Gasteiger partial charge in [0.15, 0.2) is 0 Å². The summed E-state index contributed by atoms with van der Waals surface area (Å²) >= 11 is 0. The molecule has 0 spiro atoms. The Kier molecular flexibility index (Phi) is 3.95. The Labute approximate surface area is 111 Å². The lowest BCUT2D eigenvalue weighted by atomic mass is 9.91. The van der Waals surface area contributed by atoms with E-state index in [1.54, 1.807) is 19.1 Å². The SMILES string of the molecule is CC(C)C(c1nc(-c2ccc(F)cc2)no1)C(C)O. The van der Waals surface area contributed by atoms with Crippen molar-refractivity contribution in [1.82, 2.24) is 10.1 Å². The number of rotatable bonds is 4. The lowest BCUT2D eigenvalue weighted by molar-refractivity contribution is 0.120. The van der Waals surface area contributed by atoms with Crippen LogP contribution < -0.4 is 0 Å². The van der Waals surface area contributed by atoms with Gasteiger partial charge >= 0.3 is 0 Å². The van der Waals surface area contributed by atoms with Crippen molar-refractivity contribution >= 4 is 0 Å². The number of aromatic nitrogens is 2. The predicted molar refractivity (Wildman–Crippen MR) is 69.0 cm³/mol. The summed E-state index contributed by atoms with van der Waals surface area (Å²) in [5, 5.41) is 13.7. The second kappa shape index (κ2) is 5.48. The summed E-state index contributed by atoms with van der Waals surface area (Å²) in [6.07, 6.45) is -0.568. The first-order valence-electron chi connectivity index (χ1n) is 6.26. The molecule has 0 fully saturated rings. The van der Waals surface area contributed by atoms with E-state index in [-0.39, 0.29) is 17.7 Å². The topological polar surface area (TPSA) is 59.2 Å². The van der Waals surface area contributed by atoms with Gasteiger partial charge < -0.3 is 9.63 Å². The highest BCUT2D eigenvalue weighted by molar-refractivity contribution is 5.53. The smallest absolute Gasteiger partial charge is 0.232 e. The van der Waals surface area contributed by atoms with Crippen LogP contribution >= 0.6 is 0 Å². The maximum absolute atomic E-state index is 12.9. The first kappa shape index (κ1) is 13.7. The van der Waals surface area contributed by atoms with Crippen molar-refractivity contribution in [3.63, 3.8) is 0 Å². The standard InChI is InChI=1S/C14H17FN2O2/c1-8(2)12(9(3)18)14-16-13(17-19-14)10-4-6-11(15)7-5-10/h4-9,12,18H,1-3H3. The summed E-state index contributed by atoms with van der Waals surface area (Å²) in [6.45, 7) is 5.67. The molecule has 19 heavy (non-hydrogen) atoms. The fourth-order valence-electron chi connectivity index (χ4n) is 2.14. The number of aliphatic hydroxyl groups is 1. The molecule has 0 amide bonds. The lowest BCUT2D eigenvalue weighted by Crippen LogP contribution is -2.20. The Morgan fingerprint density at radius 2 is 1.79 bits per heavy atom. The average molecular weight is 264 g/mol. The molecule has 102 valence electrons. The molecule has 1 aromatic carbocycles. The van der Waals surface area contributed by atoms with E-state index < -0.39 is 6.10 Å². The molecule has 0 saturated heterocycles. The number of aliphatic hydroxyl groups excluding tert-OH is 1. The minimum Gasteiger partial charge on any atom is -0.393 e. The van der Waals surface area contributed by atoms with Gasteiger partial charge in [0.2, 0.25) is 11.7 Å². The van der Waals surface area contributed by atoms with Crippen LogP contribution in [0.4, 0.5) is 4.39 Å². The molecule has 1 N–H and O–H groups in total. The van der Waals surface area contributed by atoms with Crippen molar-refractivity contribution in [2.45, 2.75) is 32.8 Å². The third kappa shape index (κ3) is 2.98. The van der Waals surface area contributed by atoms with E-state index in [9.17, 15) is 9.50 Å². The van der Waals surface area contributed by atoms with Crippen molar-refractivity contribution < 1.29 is 14.0 Å². The summed E-state index contributed by atoms with van der Waals surface area (Å²) in [4.78, 5) is 4.29. The van der Waals surface area contributed by atoms with E-state index in [4.69, 9.17) is 4.52 Å². The Balaban J connectivity index is 2.30. The van der Waals surface area contributed by atoms with Crippen molar-refractivity contribution in [2.24, 2.45) is 5.92 Å². The Morgan fingerprint density at radius 1 is 1.16 bits per heavy atom. The van der Waals surface area contributed by atoms with Crippen LogP contribution in [0.3, 0.4) is 0 Å². The fourth-order valence-corrected chi connectivity index (χ4v) is 2.14. The van der Waals surface area contributed by atoms with Crippen LogP contribution in [-0.4, -0.2) is 21.4 Å².